The van der Waals surface area contributed by atoms with E-state index in [-0.39, 0.29) is 23.6 Å². The SMILES string of the molecule is CCOC(=O)c1cc2nc(-c3ccc(F)cc3)cc(C(F)(F)F)n2n1. The van der Waals surface area contributed by atoms with Crippen molar-refractivity contribution >= 4 is 11.6 Å². The van der Waals surface area contributed by atoms with E-state index < -0.39 is 23.7 Å². The molecule has 0 aliphatic heterocycles. The number of hydrogen-bond donors (Lipinski definition) is 0. The summed E-state index contributed by atoms with van der Waals surface area (Å²) in [6.45, 7) is 1.63. The number of alkyl halides is 3. The van der Waals surface area contributed by atoms with Crippen LogP contribution in [0.5, 0.6) is 0 Å². The molecule has 0 radical (unpaired) electrons. The maximum Gasteiger partial charge on any atom is 0.433 e. The lowest BCUT2D eigenvalue weighted by atomic mass is 10.1. The molecule has 9 heteroatoms. The first-order chi connectivity index (χ1) is 11.8. The minimum absolute atomic E-state index is 0.0184. The van der Waals surface area contributed by atoms with Crippen molar-refractivity contribution in [2.45, 2.75) is 13.1 Å². The molecule has 0 aliphatic carbocycles. The van der Waals surface area contributed by atoms with Crippen LogP contribution < -0.4 is 0 Å². The highest BCUT2D eigenvalue weighted by molar-refractivity contribution is 5.88. The Balaban J connectivity index is 2.20. The van der Waals surface area contributed by atoms with Crippen LogP contribution in [0.3, 0.4) is 0 Å². The lowest BCUT2D eigenvalue weighted by molar-refractivity contribution is -0.142. The maximum atomic E-state index is 13.4. The van der Waals surface area contributed by atoms with Gasteiger partial charge in [0.2, 0.25) is 0 Å². The molecule has 3 aromatic rings. The predicted molar refractivity (Wildman–Crippen MR) is 79.3 cm³/mol. The average molecular weight is 353 g/mol. The molecular formula is C16H11F4N3O2. The maximum absolute atomic E-state index is 13.4. The van der Waals surface area contributed by atoms with E-state index in [0.29, 0.717) is 10.1 Å². The number of halogens is 4. The van der Waals surface area contributed by atoms with E-state index in [4.69, 9.17) is 4.74 Å². The van der Waals surface area contributed by atoms with E-state index in [0.717, 1.165) is 24.3 Å². The van der Waals surface area contributed by atoms with Crippen molar-refractivity contribution < 1.29 is 27.1 Å². The van der Waals surface area contributed by atoms with Gasteiger partial charge in [-0.15, -0.1) is 0 Å². The van der Waals surface area contributed by atoms with E-state index >= 15 is 0 Å². The second kappa shape index (κ2) is 6.15. The number of hydrogen-bond acceptors (Lipinski definition) is 4. The largest absolute Gasteiger partial charge is 0.461 e. The van der Waals surface area contributed by atoms with Crippen LogP contribution in [-0.4, -0.2) is 27.2 Å². The van der Waals surface area contributed by atoms with Gasteiger partial charge in [0.25, 0.3) is 0 Å². The fourth-order valence-electron chi connectivity index (χ4n) is 2.25. The Morgan fingerprint density at radius 3 is 2.48 bits per heavy atom. The first-order valence-corrected chi connectivity index (χ1v) is 7.20. The molecular weight excluding hydrogens is 342 g/mol. The van der Waals surface area contributed by atoms with Crippen LogP contribution in [0, 0.1) is 5.82 Å². The van der Waals surface area contributed by atoms with Gasteiger partial charge in [-0.2, -0.15) is 18.3 Å². The van der Waals surface area contributed by atoms with Gasteiger partial charge < -0.3 is 4.74 Å². The molecule has 3 rings (SSSR count). The Morgan fingerprint density at radius 2 is 1.88 bits per heavy atom. The van der Waals surface area contributed by atoms with Crippen molar-refractivity contribution in [2.24, 2.45) is 0 Å². The summed E-state index contributed by atoms with van der Waals surface area (Å²) >= 11 is 0. The molecule has 0 fully saturated rings. The van der Waals surface area contributed by atoms with Crippen molar-refractivity contribution in [3.05, 3.63) is 53.6 Å². The van der Waals surface area contributed by atoms with E-state index in [2.05, 4.69) is 10.1 Å². The molecule has 5 nitrogen and oxygen atoms in total. The summed E-state index contributed by atoms with van der Waals surface area (Å²) in [5.41, 5.74) is -1.27. The Labute approximate surface area is 138 Å². The summed E-state index contributed by atoms with van der Waals surface area (Å²) in [4.78, 5) is 15.8. The van der Waals surface area contributed by atoms with Gasteiger partial charge in [-0.05, 0) is 37.3 Å². The second-order valence-electron chi connectivity index (χ2n) is 5.05. The summed E-state index contributed by atoms with van der Waals surface area (Å²) in [7, 11) is 0. The highest BCUT2D eigenvalue weighted by Gasteiger charge is 2.35. The molecule has 130 valence electrons. The lowest BCUT2D eigenvalue weighted by Crippen LogP contribution is -2.14. The molecule has 0 atom stereocenters. The summed E-state index contributed by atoms with van der Waals surface area (Å²) in [5.74, 6) is -1.36. The second-order valence-corrected chi connectivity index (χ2v) is 5.05. The van der Waals surface area contributed by atoms with Crippen LogP contribution >= 0.6 is 0 Å². The average Bonchev–Trinajstić information content (AvgIpc) is 2.98. The van der Waals surface area contributed by atoms with Crippen molar-refractivity contribution in [3.63, 3.8) is 0 Å². The Morgan fingerprint density at radius 1 is 1.20 bits per heavy atom. The standard InChI is InChI=1S/C16H11F4N3O2/c1-2-25-15(24)12-8-14-21-11(9-3-5-10(17)6-4-9)7-13(16(18,19)20)23(14)22-12/h3-8H,2H2,1H3. The number of benzene rings is 1. The summed E-state index contributed by atoms with van der Waals surface area (Å²) in [5, 5.41) is 3.65. The molecule has 0 amide bonds. The van der Waals surface area contributed by atoms with Crippen LogP contribution in [0.15, 0.2) is 36.4 Å². The predicted octanol–water partition coefficient (Wildman–Crippen LogP) is 3.73. The normalized spacial score (nSPS) is 11.7. The Hall–Kier alpha value is -2.97. The number of rotatable bonds is 3. The first kappa shape index (κ1) is 16.9. The van der Waals surface area contributed by atoms with Gasteiger partial charge in [0, 0.05) is 11.6 Å². The molecule has 0 unspecified atom stereocenters. The van der Waals surface area contributed by atoms with Crippen LogP contribution in [0.4, 0.5) is 17.6 Å². The van der Waals surface area contributed by atoms with Gasteiger partial charge >= 0.3 is 12.1 Å². The molecule has 0 spiro atoms. The monoisotopic (exact) mass is 353 g/mol. The van der Waals surface area contributed by atoms with Crippen molar-refractivity contribution in [3.8, 4) is 11.3 Å². The Kier molecular flexibility index (Phi) is 4.15. The van der Waals surface area contributed by atoms with Crippen LogP contribution in [0.2, 0.25) is 0 Å². The minimum Gasteiger partial charge on any atom is -0.461 e. The fourth-order valence-corrected chi connectivity index (χ4v) is 2.25. The van der Waals surface area contributed by atoms with Crippen LogP contribution in [-0.2, 0) is 10.9 Å². The summed E-state index contributed by atoms with van der Waals surface area (Å²) in [6.07, 6.45) is -4.73. The fraction of sp³-hybridized carbons (Fsp3) is 0.188. The Bertz CT molecular complexity index is 933. The zero-order valence-electron chi connectivity index (χ0n) is 12.8. The summed E-state index contributed by atoms with van der Waals surface area (Å²) in [6, 6.07) is 6.78. The third-order valence-electron chi connectivity index (χ3n) is 3.34. The quantitative estimate of drug-likeness (QED) is 0.532. The molecule has 0 saturated carbocycles. The smallest absolute Gasteiger partial charge is 0.433 e. The zero-order chi connectivity index (χ0) is 18.2. The summed E-state index contributed by atoms with van der Waals surface area (Å²) < 4.78 is 58.4. The molecule has 0 saturated heterocycles. The van der Waals surface area contributed by atoms with Gasteiger partial charge in [-0.3, -0.25) is 0 Å². The molecule has 2 aromatic heterocycles. The number of nitrogens with zero attached hydrogens (tertiary/aromatic N) is 3. The van der Waals surface area contributed by atoms with E-state index in [1.807, 2.05) is 0 Å². The topological polar surface area (TPSA) is 56.5 Å². The van der Waals surface area contributed by atoms with Gasteiger partial charge in [0.05, 0.1) is 12.3 Å². The van der Waals surface area contributed by atoms with Crippen LogP contribution in [0.1, 0.15) is 23.1 Å². The van der Waals surface area contributed by atoms with Gasteiger partial charge in [0.15, 0.2) is 17.0 Å². The number of carbonyl (C=O) groups is 1. The third-order valence-corrected chi connectivity index (χ3v) is 3.34. The lowest BCUT2D eigenvalue weighted by Gasteiger charge is -2.11. The molecule has 25 heavy (non-hydrogen) atoms. The highest BCUT2D eigenvalue weighted by Crippen LogP contribution is 2.32. The number of aromatic nitrogens is 3. The molecule has 0 N–H and O–H groups in total. The minimum atomic E-state index is -4.73. The molecule has 0 aliphatic rings. The molecule has 2 heterocycles. The zero-order valence-corrected chi connectivity index (χ0v) is 12.8. The number of fused-ring (bicyclic) bond motifs is 1. The third kappa shape index (κ3) is 3.30. The number of ether oxygens (including phenoxy) is 1. The van der Waals surface area contributed by atoms with Crippen LogP contribution in [0.25, 0.3) is 16.9 Å². The molecule has 0 bridgehead atoms. The number of esters is 1. The van der Waals surface area contributed by atoms with E-state index in [1.54, 1.807) is 6.92 Å². The van der Waals surface area contributed by atoms with Gasteiger partial charge in [-0.25, -0.2) is 18.7 Å². The molecule has 1 aromatic carbocycles. The van der Waals surface area contributed by atoms with Gasteiger partial charge in [0.1, 0.15) is 5.82 Å². The highest BCUT2D eigenvalue weighted by atomic mass is 19.4. The van der Waals surface area contributed by atoms with E-state index in [9.17, 15) is 22.4 Å². The van der Waals surface area contributed by atoms with Crippen molar-refractivity contribution in [1.82, 2.24) is 14.6 Å². The van der Waals surface area contributed by atoms with Crippen molar-refractivity contribution in [2.75, 3.05) is 6.61 Å². The number of carbonyl (C=O) groups excluding carboxylic acids is 1. The van der Waals surface area contributed by atoms with Gasteiger partial charge in [-0.1, -0.05) is 0 Å². The van der Waals surface area contributed by atoms with Crippen molar-refractivity contribution in [1.29, 1.82) is 0 Å². The van der Waals surface area contributed by atoms with E-state index in [1.165, 1.54) is 12.1 Å². The first-order valence-electron chi connectivity index (χ1n) is 7.20.